The molecule has 1 N–H and O–H groups in total. The Kier molecular flexibility index (Phi) is 5.25. The first-order chi connectivity index (χ1) is 11.7. The summed E-state index contributed by atoms with van der Waals surface area (Å²) in [6, 6.07) is 10.2. The Hall–Kier alpha value is -2.63. The third-order valence-electron chi connectivity index (χ3n) is 4.17. The molecule has 0 unspecified atom stereocenters. The molecule has 0 bridgehead atoms. The summed E-state index contributed by atoms with van der Waals surface area (Å²) in [7, 11) is 0. The van der Waals surface area contributed by atoms with Gasteiger partial charge in [-0.2, -0.15) is 0 Å². The average molecular weight is 325 g/mol. The summed E-state index contributed by atoms with van der Waals surface area (Å²) in [5, 5.41) is 3.01. The zero-order chi connectivity index (χ0) is 16.8. The van der Waals surface area contributed by atoms with E-state index in [0.717, 1.165) is 25.5 Å². The van der Waals surface area contributed by atoms with Crippen LogP contribution < -0.4 is 10.2 Å². The fourth-order valence-electron chi connectivity index (χ4n) is 2.86. The molecular weight excluding hydrogens is 302 g/mol. The number of nitrogens with zero attached hydrogens (tertiary/aromatic N) is 4. The molecule has 24 heavy (non-hydrogen) atoms. The van der Waals surface area contributed by atoms with Gasteiger partial charge in [0.25, 0.3) is 0 Å². The lowest BCUT2D eigenvalue weighted by molar-refractivity contribution is 0.194. The van der Waals surface area contributed by atoms with Crippen molar-refractivity contribution >= 4 is 12.0 Å². The highest BCUT2D eigenvalue weighted by Gasteiger charge is 2.21. The first-order valence-corrected chi connectivity index (χ1v) is 8.33. The Balaban J connectivity index is 1.42. The minimum atomic E-state index is 0.0104. The molecule has 2 amide bonds. The number of urea groups is 1. The quantitative estimate of drug-likeness (QED) is 0.932. The van der Waals surface area contributed by atoms with E-state index in [0.29, 0.717) is 19.6 Å². The van der Waals surface area contributed by atoms with E-state index in [-0.39, 0.29) is 6.03 Å². The number of rotatable bonds is 4. The first-order valence-electron chi connectivity index (χ1n) is 8.33. The van der Waals surface area contributed by atoms with E-state index in [1.165, 1.54) is 11.1 Å². The van der Waals surface area contributed by atoms with Crippen LogP contribution in [0.5, 0.6) is 0 Å². The number of amides is 2. The van der Waals surface area contributed by atoms with Crippen molar-refractivity contribution in [1.29, 1.82) is 0 Å². The second kappa shape index (κ2) is 7.77. The lowest BCUT2D eigenvalue weighted by atomic mass is 10.1. The van der Waals surface area contributed by atoms with Gasteiger partial charge in [0.2, 0.25) is 5.95 Å². The van der Waals surface area contributed by atoms with Gasteiger partial charge < -0.3 is 15.1 Å². The van der Waals surface area contributed by atoms with Crippen LogP contribution in [0.2, 0.25) is 0 Å². The molecule has 0 radical (unpaired) electrons. The molecule has 1 aliphatic heterocycles. The van der Waals surface area contributed by atoms with Gasteiger partial charge >= 0.3 is 6.03 Å². The molecule has 1 saturated heterocycles. The molecule has 1 aliphatic rings. The van der Waals surface area contributed by atoms with Crippen molar-refractivity contribution < 1.29 is 4.79 Å². The molecule has 1 fully saturated rings. The van der Waals surface area contributed by atoms with E-state index in [9.17, 15) is 4.79 Å². The van der Waals surface area contributed by atoms with Crippen LogP contribution in [0.25, 0.3) is 0 Å². The third kappa shape index (κ3) is 4.22. The van der Waals surface area contributed by atoms with Crippen LogP contribution in [0, 0.1) is 6.92 Å². The van der Waals surface area contributed by atoms with Crippen molar-refractivity contribution in [2.75, 3.05) is 37.6 Å². The summed E-state index contributed by atoms with van der Waals surface area (Å²) >= 11 is 0. The molecule has 126 valence electrons. The summed E-state index contributed by atoms with van der Waals surface area (Å²) in [4.78, 5) is 24.7. The van der Waals surface area contributed by atoms with Crippen LogP contribution in [0.1, 0.15) is 11.1 Å². The van der Waals surface area contributed by atoms with E-state index in [1.807, 2.05) is 4.90 Å². The number of carbonyl (C=O) groups excluding carboxylic acids is 1. The Bertz CT molecular complexity index is 668. The van der Waals surface area contributed by atoms with Gasteiger partial charge in [-0.1, -0.05) is 29.8 Å². The van der Waals surface area contributed by atoms with E-state index in [4.69, 9.17) is 0 Å². The van der Waals surface area contributed by atoms with Crippen LogP contribution in [-0.4, -0.2) is 53.6 Å². The number of aromatic nitrogens is 2. The summed E-state index contributed by atoms with van der Waals surface area (Å²) in [6.07, 6.45) is 4.34. The van der Waals surface area contributed by atoms with Crippen molar-refractivity contribution in [3.63, 3.8) is 0 Å². The fourth-order valence-corrected chi connectivity index (χ4v) is 2.86. The zero-order valence-electron chi connectivity index (χ0n) is 14.0. The number of aryl methyl sites for hydroxylation is 1. The molecule has 3 rings (SSSR count). The Morgan fingerprint density at radius 1 is 1.12 bits per heavy atom. The number of hydrogen-bond acceptors (Lipinski definition) is 4. The first kappa shape index (κ1) is 16.2. The lowest BCUT2D eigenvalue weighted by Gasteiger charge is -2.34. The normalized spacial score (nSPS) is 14.5. The maximum atomic E-state index is 12.3. The highest BCUT2D eigenvalue weighted by atomic mass is 16.2. The van der Waals surface area contributed by atoms with Crippen molar-refractivity contribution in [2.45, 2.75) is 13.3 Å². The molecule has 1 aromatic heterocycles. The predicted molar refractivity (Wildman–Crippen MR) is 94.1 cm³/mol. The number of nitrogens with one attached hydrogen (secondary N) is 1. The van der Waals surface area contributed by atoms with Gasteiger partial charge in [-0.15, -0.1) is 0 Å². The maximum absolute atomic E-state index is 12.3. The second-order valence-corrected chi connectivity index (χ2v) is 5.99. The standard InChI is InChI=1S/C18H23N5O/c1-15-4-2-5-16(14-15)6-9-21-18(24)23-12-10-22(11-13-23)17-19-7-3-8-20-17/h2-5,7-8,14H,6,9-13H2,1H3,(H,21,24). The average Bonchev–Trinajstić information content (AvgIpc) is 2.63. The molecule has 0 spiro atoms. The number of hydrogen-bond donors (Lipinski definition) is 1. The van der Waals surface area contributed by atoms with Gasteiger partial charge in [-0.05, 0) is 25.0 Å². The van der Waals surface area contributed by atoms with Gasteiger partial charge in [0.05, 0.1) is 0 Å². The highest BCUT2D eigenvalue weighted by Crippen LogP contribution is 2.09. The fraction of sp³-hybridized carbons (Fsp3) is 0.389. The predicted octanol–water partition coefficient (Wildman–Crippen LogP) is 1.86. The maximum Gasteiger partial charge on any atom is 0.317 e. The Morgan fingerprint density at radius 3 is 2.58 bits per heavy atom. The van der Waals surface area contributed by atoms with Gasteiger partial charge in [0.15, 0.2) is 0 Å². The molecule has 1 aromatic carbocycles. The summed E-state index contributed by atoms with van der Waals surface area (Å²) < 4.78 is 0. The van der Waals surface area contributed by atoms with Crippen LogP contribution in [0.4, 0.5) is 10.7 Å². The van der Waals surface area contributed by atoms with Crippen LogP contribution in [-0.2, 0) is 6.42 Å². The topological polar surface area (TPSA) is 61.4 Å². The van der Waals surface area contributed by atoms with Crippen LogP contribution >= 0.6 is 0 Å². The van der Waals surface area contributed by atoms with Crippen molar-refractivity contribution in [1.82, 2.24) is 20.2 Å². The minimum Gasteiger partial charge on any atom is -0.338 e. The van der Waals surface area contributed by atoms with Gasteiger partial charge in [0.1, 0.15) is 0 Å². The van der Waals surface area contributed by atoms with Crippen molar-refractivity contribution in [3.8, 4) is 0 Å². The van der Waals surface area contributed by atoms with E-state index >= 15 is 0 Å². The lowest BCUT2D eigenvalue weighted by Crippen LogP contribution is -2.52. The highest BCUT2D eigenvalue weighted by molar-refractivity contribution is 5.74. The van der Waals surface area contributed by atoms with Crippen molar-refractivity contribution in [3.05, 3.63) is 53.9 Å². The van der Waals surface area contributed by atoms with Crippen LogP contribution in [0.15, 0.2) is 42.7 Å². The van der Waals surface area contributed by atoms with Gasteiger partial charge in [-0.3, -0.25) is 0 Å². The number of carbonyl (C=O) groups is 1. The SMILES string of the molecule is Cc1cccc(CCNC(=O)N2CCN(c3ncccn3)CC2)c1. The summed E-state index contributed by atoms with van der Waals surface area (Å²) in [6.45, 7) is 5.63. The van der Waals surface area contributed by atoms with Crippen molar-refractivity contribution in [2.24, 2.45) is 0 Å². The van der Waals surface area contributed by atoms with E-state index in [1.54, 1.807) is 18.5 Å². The monoisotopic (exact) mass is 325 g/mol. The smallest absolute Gasteiger partial charge is 0.317 e. The second-order valence-electron chi connectivity index (χ2n) is 5.99. The Labute approximate surface area is 142 Å². The van der Waals surface area contributed by atoms with E-state index in [2.05, 4.69) is 51.4 Å². The molecule has 0 saturated carbocycles. The number of piperazine rings is 1. The molecule has 2 aromatic rings. The molecule has 2 heterocycles. The molecule has 0 atom stereocenters. The summed E-state index contributed by atoms with van der Waals surface area (Å²) in [5.74, 6) is 0.733. The number of anilines is 1. The van der Waals surface area contributed by atoms with Crippen LogP contribution in [0.3, 0.4) is 0 Å². The summed E-state index contributed by atoms with van der Waals surface area (Å²) in [5.41, 5.74) is 2.50. The van der Waals surface area contributed by atoms with Gasteiger partial charge in [0, 0.05) is 45.1 Å². The molecule has 6 nitrogen and oxygen atoms in total. The zero-order valence-corrected chi connectivity index (χ0v) is 14.0. The number of benzene rings is 1. The molecule has 0 aliphatic carbocycles. The molecule has 6 heteroatoms. The molecular formula is C18H23N5O. The minimum absolute atomic E-state index is 0.0104. The third-order valence-corrected chi connectivity index (χ3v) is 4.17. The largest absolute Gasteiger partial charge is 0.338 e. The van der Waals surface area contributed by atoms with E-state index < -0.39 is 0 Å². The Morgan fingerprint density at radius 2 is 1.88 bits per heavy atom. The van der Waals surface area contributed by atoms with Gasteiger partial charge in [-0.25, -0.2) is 14.8 Å².